The molecule has 1 aliphatic rings. The second-order valence-corrected chi connectivity index (χ2v) is 5.31. The number of hydrogen-bond acceptors (Lipinski definition) is 2. The molecule has 0 spiro atoms. The van der Waals surface area contributed by atoms with Crippen molar-refractivity contribution < 1.29 is 0 Å². The van der Waals surface area contributed by atoms with Crippen molar-refractivity contribution in [2.45, 2.75) is 32.6 Å². The van der Waals surface area contributed by atoms with Crippen molar-refractivity contribution in [1.29, 1.82) is 0 Å². The van der Waals surface area contributed by atoms with Crippen LogP contribution in [0.15, 0.2) is 23.3 Å². The number of rotatable bonds is 2. The van der Waals surface area contributed by atoms with Gasteiger partial charge in [0.05, 0.1) is 15.7 Å². The third-order valence-corrected chi connectivity index (χ3v) is 3.88. The van der Waals surface area contributed by atoms with Crippen LogP contribution >= 0.6 is 23.2 Å². The summed E-state index contributed by atoms with van der Waals surface area (Å²) < 4.78 is 0. The number of nitrogens with one attached hydrogen (secondary N) is 1. The number of benzene rings is 1. The van der Waals surface area contributed by atoms with Crippen LogP contribution in [0.5, 0.6) is 0 Å². The lowest BCUT2D eigenvalue weighted by Gasteiger charge is -2.20. The maximum absolute atomic E-state index is 5.94. The largest absolute Gasteiger partial charge is 0.279 e. The molecule has 0 heterocycles. The minimum Gasteiger partial charge on any atom is -0.279 e. The van der Waals surface area contributed by atoms with Gasteiger partial charge in [-0.05, 0) is 43.4 Å². The van der Waals surface area contributed by atoms with Gasteiger partial charge in [-0.15, -0.1) is 0 Å². The summed E-state index contributed by atoms with van der Waals surface area (Å²) in [5.74, 6) is 0.582. The molecule has 0 unspecified atom stereocenters. The molecule has 17 heavy (non-hydrogen) atoms. The Morgan fingerprint density at radius 3 is 2.76 bits per heavy atom. The van der Waals surface area contributed by atoms with E-state index in [0.29, 0.717) is 16.0 Å². The Kier molecular flexibility index (Phi) is 4.30. The van der Waals surface area contributed by atoms with E-state index in [1.807, 2.05) is 6.07 Å². The zero-order valence-electron chi connectivity index (χ0n) is 9.84. The van der Waals surface area contributed by atoms with Crippen molar-refractivity contribution in [3.63, 3.8) is 0 Å². The van der Waals surface area contributed by atoms with E-state index in [1.165, 1.54) is 25.0 Å². The van der Waals surface area contributed by atoms with E-state index < -0.39 is 0 Å². The lowest BCUT2D eigenvalue weighted by molar-refractivity contribution is 0.558. The van der Waals surface area contributed by atoms with Crippen LogP contribution in [-0.4, -0.2) is 5.71 Å². The molecule has 0 bridgehead atoms. The van der Waals surface area contributed by atoms with Gasteiger partial charge in [0.2, 0.25) is 0 Å². The zero-order valence-corrected chi connectivity index (χ0v) is 11.4. The Hall–Kier alpha value is -0.730. The number of hydrazone groups is 1. The maximum Gasteiger partial charge on any atom is 0.0613 e. The molecule has 1 aliphatic carbocycles. The predicted molar refractivity (Wildman–Crippen MR) is 75.2 cm³/mol. The summed E-state index contributed by atoms with van der Waals surface area (Å²) in [6, 6.07) is 5.45. The molecule has 92 valence electrons. The molecule has 1 aromatic carbocycles. The Morgan fingerprint density at radius 2 is 2.06 bits per heavy atom. The van der Waals surface area contributed by atoms with Crippen LogP contribution in [0.1, 0.15) is 32.6 Å². The van der Waals surface area contributed by atoms with E-state index in [9.17, 15) is 0 Å². The van der Waals surface area contributed by atoms with Gasteiger partial charge in [-0.3, -0.25) is 5.43 Å². The fraction of sp³-hybridized carbons (Fsp3) is 0.462. The Labute approximate surface area is 112 Å². The highest BCUT2D eigenvalue weighted by molar-refractivity contribution is 6.42. The van der Waals surface area contributed by atoms with Crippen molar-refractivity contribution >= 4 is 34.6 Å². The fourth-order valence-electron chi connectivity index (χ4n) is 2.04. The molecule has 0 amide bonds. The van der Waals surface area contributed by atoms with Crippen LogP contribution < -0.4 is 5.43 Å². The molecule has 1 atom stereocenters. The lowest BCUT2D eigenvalue weighted by atomic mass is 9.89. The molecule has 0 aliphatic heterocycles. The van der Waals surface area contributed by atoms with Crippen LogP contribution in [0.25, 0.3) is 0 Å². The first-order chi connectivity index (χ1) is 8.16. The molecule has 4 heteroatoms. The van der Waals surface area contributed by atoms with Crippen LogP contribution in [0.3, 0.4) is 0 Å². The molecule has 0 radical (unpaired) electrons. The topological polar surface area (TPSA) is 24.4 Å². The summed E-state index contributed by atoms with van der Waals surface area (Å²) in [7, 11) is 0. The van der Waals surface area contributed by atoms with Crippen LogP contribution in [-0.2, 0) is 0 Å². The molecule has 0 aromatic heterocycles. The number of hydrogen-bond donors (Lipinski definition) is 1. The monoisotopic (exact) mass is 270 g/mol. The van der Waals surface area contributed by atoms with Crippen molar-refractivity contribution in [3.8, 4) is 0 Å². The van der Waals surface area contributed by atoms with E-state index in [4.69, 9.17) is 23.2 Å². The third-order valence-electron chi connectivity index (χ3n) is 3.14. The highest BCUT2D eigenvalue weighted by Crippen LogP contribution is 2.26. The second-order valence-electron chi connectivity index (χ2n) is 4.49. The maximum atomic E-state index is 5.94. The van der Waals surface area contributed by atoms with Gasteiger partial charge in [-0.25, -0.2) is 0 Å². The zero-order chi connectivity index (χ0) is 12.3. The van der Waals surface area contributed by atoms with E-state index in [-0.39, 0.29) is 0 Å². The smallest absolute Gasteiger partial charge is 0.0613 e. The van der Waals surface area contributed by atoms with E-state index >= 15 is 0 Å². The van der Waals surface area contributed by atoms with Gasteiger partial charge in [0.25, 0.3) is 0 Å². The molecule has 0 saturated heterocycles. The summed E-state index contributed by atoms with van der Waals surface area (Å²) in [6.07, 6.45) is 4.89. The van der Waals surface area contributed by atoms with Crippen molar-refractivity contribution in [2.24, 2.45) is 11.0 Å². The van der Waals surface area contributed by atoms with Gasteiger partial charge in [-0.2, -0.15) is 5.10 Å². The van der Waals surface area contributed by atoms with Crippen LogP contribution in [0.2, 0.25) is 10.0 Å². The van der Waals surface area contributed by atoms with Crippen LogP contribution in [0.4, 0.5) is 5.69 Å². The number of nitrogens with zero attached hydrogens (tertiary/aromatic N) is 1. The van der Waals surface area contributed by atoms with Gasteiger partial charge in [-0.1, -0.05) is 36.5 Å². The molecule has 1 fully saturated rings. The summed E-state index contributed by atoms with van der Waals surface area (Å²) in [5.41, 5.74) is 5.19. The van der Waals surface area contributed by atoms with E-state index in [1.54, 1.807) is 12.1 Å². The molecule has 1 saturated carbocycles. The minimum atomic E-state index is 0.550. The molecule has 1 aromatic rings. The third kappa shape index (κ3) is 3.36. The molecular weight excluding hydrogens is 255 g/mol. The quantitative estimate of drug-likeness (QED) is 0.754. The van der Waals surface area contributed by atoms with E-state index in [2.05, 4.69) is 17.5 Å². The lowest BCUT2D eigenvalue weighted by Crippen LogP contribution is -2.17. The van der Waals surface area contributed by atoms with Gasteiger partial charge in [0.1, 0.15) is 0 Å². The van der Waals surface area contributed by atoms with Gasteiger partial charge in [0, 0.05) is 5.71 Å². The summed E-state index contributed by atoms with van der Waals surface area (Å²) >= 11 is 11.8. The van der Waals surface area contributed by atoms with Gasteiger partial charge in [0.15, 0.2) is 0 Å². The van der Waals surface area contributed by atoms with Crippen molar-refractivity contribution in [3.05, 3.63) is 28.2 Å². The fourth-order valence-corrected chi connectivity index (χ4v) is 2.34. The van der Waals surface area contributed by atoms with E-state index in [0.717, 1.165) is 12.1 Å². The Morgan fingerprint density at radius 1 is 1.24 bits per heavy atom. The Bertz CT molecular complexity index is 429. The average Bonchev–Trinajstić information content (AvgIpc) is 2.32. The van der Waals surface area contributed by atoms with Crippen molar-refractivity contribution in [2.75, 3.05) is 5.43 Å². The molecular formula is C13H16Cl2N2. The number of anilines is 1. The summed E-state index contributed by atoms with van der Waals surface area (Å²) in [5, 5.41) is 5.59. The highest BCUT2D eigenvalue weighted by atomic mass is 35.5. The Balaban J connectivity index is 2.05. The molecule has 2 nitrogen and oxygen atoms in total. The van der Waals surface area contributed by atoms with Crippen molar-refractivity contribution in [1.82, 2.24) is 0 Å². The summed E-state index contributed by atoms with van der Waals surface area (Å²) in [4.78, 5) is 0. The first-order valence-corrected chi connectivity index (χ1v) is 6.70. The normalized spacial score (nSPS) is 22.8. The number of halogens is 2. The molecule has 2 rings (SSSR count). The average molecular weight is 271 g/mol. The van der Waals surface area contributed by atoms with Gasteiger partial charge < -0.3 is 0 Å². The minimum absolute atomic E-state index is 0.550. The second kappa shape index (κ2) is 5.74. The first-order valence-electron chi connectivity index (χ1n) is 5.94. The standard InChI is InChI=1S/C13H16Cl2N2/c1-9-4-2-3-5-13(9)17-16-10-6-7-11(14)12(15)8-10/h6-9,16H,2-5H2,1H3/b17-13-/t9-/m1/s1. The van der Waals surface area contributed by atoms with Crippen LogP contribution in [0, 0.1) is 5.92 Å². The first kappa shape index (κ1) is 12.7. The highest BCUT2D eigenvalue weighted by Gasteiger charge is 2.15. The SMILES string of the molecule is C[C@@H]1CCCC/C1=N/Nc1ccc(Cl)c(Cl)c1. The molecule has 1 N–H and O–H groups in total. The van der Waals surface area contributed by atoms with Gasteiger partial charge >= 0.3 is 0 Å². The predicted octanol–water partition coefficient (Wildman–Crippen LogP) is 4.97. The summed E-state index contributed by atoms with van der Waals surface area (Å²) in [6.45, 7) is 2.23.